The Morgan fingerprint density at radius 2 is 1.85 bits per heavy atom. The number of halogens is 1. The summed E-state index contributed by atoms with van der Waals surface area (Å²) in [5, 5.41) is 12.0. The van der Waals surface area contributed by atoms with Crippen LogP contribution >= 0.6 is 0 Å². The summed E-state index contributed by atoms with van der Waals surface area (Å²) in [5.41, 5.74) is -1.35. The maximum atomic E-state index is 12.9. The first-order valence-electron chi connectivity index (χ1n) is 8.09. The van der Waals surface area contributed by atoms with Crippen molar-refractivity contribution in [2.24, 2.45) is 0 Å². The molecule has 1 aromatic carbocycles. The molecule has 1 aliphatic rings. The second kappa shape index (κ2) is 7.57. The van der Waals surface area contributed by atoms with E-state index in [-0.39, 0.29) is 44.2 Å². The number of hydrogen-bond donors (Lipinski definition) is 2. The average Bonchev–Trinajstić information content (AvgIpc) is 3.11. The Hall–Kier alpha value is -2.87. The number of amides is 1. The number of aliphatic carboxylic acids is 1. The molecule has 2 heterocycles. The van der Waals surface area contributed by atoms with Gasteiger partial charge in [0.05, 0.1) is 0 Å². The van der Waals surface area contributed by atoms with Gasteiger partial charge in [-0.15, -0.1) is 0 Å². The normalized spacial score (nSPS) is 16.0. The molecule has 0 radical (unpaired) electrons. The van der Waals surface area contributed by atoms with Crippen LogP contribution in [0.4, 0.5) is 4.39 Å². The number of ether oxygens (including phenoxy) is 2. The molecular formula is C18H18FNO6. The van der Waals surface area contributed by atoms with Gasteiger partial charge in [0, 0.05) is 26.1 Å². The second-order valence-electron chi connectivity index (χ2n) is 5.96. The molecule has 1 aromatic heterocycles. The molecule has 138 valence electrons. The predicted molar refractivity (Wildman–Crippen MR) is 87.3 cm³/mol. The summed E-state index contributed by atoms with van der Waals surface area (Å²) in [5.74, 6) is -1.23. The molecule has 2 aromatic rings. The average molecular weight is 363 g/mol. The molecule has 7 nitrogen and oxygen atoms in total. The molecule has 1 saturated heterocycles. The first kappa shape index (κ1) is 17.9. The second-order valence-corrected chi connectivity index (χ2v) is 5.96. The van der Waals surface area contributed by atoms with Crippen molar-refractivity contribution >= 4 is 11.9 Å². The lowest BCUT2D eigenvalue weighted by Crippen LogP contribution is -2.57. The van der Waals surface area contributed by atoms with Gasteiger partial charge < -0.3 is 24.3 Å². The van der Waals surface area contributed by atoms with Gasteiger partial charge in [-0.3, -0.25) is 4.79 Å². The molecule has 0 saturated carbocycles. The first-order chi connectivity index (χ1) is 12.5. The lowest BCUT2D eigenvalue weighted by Gasteiger charge is -2.33. The Morgan fingerprint density at radius 1 is 1.15 bits per heavy atom. The van der Waals surface area contributed by atoms with Crippen LogP contribution in [-0.4, -0.2) is 35.7 Å². The van der Waals surface area contributed by atoms with E-state index < -0.39 is 17.4 Å². The number of nitrogens with one attached hydrogen (secondary N) is 1. The van der Waals surface area contributed by atoms with E-state index in [1.165, 1.54) is 30.3 Å². The molecule has 0 unspecified atom stereocenters. The van der Waals surface area contributed by atoms with Crippen molar-refractivity contribution in [1.29, 1.82) is 0 Å². The van der Waals surface area contributed by atoms with Crippen LogP contribution in [0.25, 0.3) is 0 Å². The van der Waals surface area contributed by atoms with Crippen molar-refractivity contribution in [2.75, 3.05) is 13.2 Å². The van der Waals surface area contributed by atoms with Gasteiger partial charge >= 0.3 is 5.97 Å². The molecule has 0 spiro atoms. The molecule has 8 heteroatoms. The van der Waals surface area contributed by atoms with E-state index in [0.29, 0.717) is 11.5 Å². The number of carbonyl (C=O) groups excluding carboxylic acids is 1. The lowest BCUT2D eigenvalue weighted by molar-refractivity contribution is -0.148. The topological polar surface area (TPSA) is 98.0 Å². The minimum absolute atomic E-state index is 0.00479. The molecule has 2 N–H and O–H groups in total. The molecule has 0 atom stereocenters. The van der Waals surface area contributed by atoms with E-state index in [2.05, 4.69) is 5.32 Å². The van der Waals surface area contributed by atoms with E-state index in [1.54, 1.807) is 6.07 Å². The van der Waals surface area contributed by atoms with Crippen molar-refractivity contribution in [3.05, 3.63) is 53.7 Å². The lowest BCUT2D eigenvalue weighted by atomic mass is 9.90. The van der Waals surface area contributed by atoms with Crippen molar-refractivity contribution in [3.63, 3.8) is 0 Å². The van der Waals surface area contributed by atoms with Crippen LogP contribution in [0.5, 0.6) is 5.75 Å². The molecular weight excluding hydrogens is 345 g/mol. The minimum atomic E-state index is -1.35. The number of carboxylic acid groups (broad SMARTS) is 1. The standard InChI is InChI=1S/C18H18FNO6/c19-12-1-3-13(4-2-12)25-11-14-5-6-15(26-14)16(21)20-18(17(22)23)7-9-24-10-8-18/h1-6H,7-11H2,(H,20,21)(H,22,23). The van der Waals surface area contributed by atoms with Crippen molar-refractivity contribution in [3.8, 4) is 5.75 Å². The van der Waals surface area contributed by atoms with Crippen LogP contribution in [0.1, 0.15) is 29.2 Å². The molecule has 1 aliphatic heterocycles. The van der Waals surface area contributed by atoms with Crippen LogP contribution in [0.3, 0.4) is 0 Å². The van der Waals surface area contributed by atoms with Crippen molar-refractivity contribution in [2.45, 2.75) is 25.0 Å². The summed E-state index contributed by atoms with van der Waals surface area (Å²) in [7, 11) is 0. The number of carbonyl (C=O) groups is 2. The van der Waals surface area contributed by atoms with Crippen LogP contribution in [0, 0.1) is 5.82 Å². The Bertz CT molecular complexity index is 779. The van der Waals surface area contributed by atoms with Crippen LogP contribution in [0.2, 0.25) is 0 Å². The van der Waals surface area contributed by atoms with E-state index in [0.717, 1.165) is 0 Å². The number of benzene rings is 1. The van der Waals surface area contributed by atoms with Gasteiger partial charge in [-0.25, -0.2) is 9.18 Å². The largest absolute Gasteiger partial charge is 0.486 e. The van der Waals surface area contributed by atoms with E-state index in [4.69, 9.17) is 13.9 Å². The highest BCUT2D eigenvalue weighted by Crippen LogP contribution is 2.22. The van der Waals surface area contributed by atoms with E-state index in [9.17, 15) is 19.1 Å². The highest BCUT2D eigenvalue weighted by Gasteiger charge is 2.42. The maximum Gasteiger partial charge on any atom is 0.329 e. The van der Waals surface area contributed by atoms with Gasteiger partial charge in [-0.05, 0) is 36.4 Å². The number of furan rings is 1. The summed E-state index contributed by atoms with van der Waals surface area (Å²) in [4.78, 5) is 23.9. The molecule has 0 bridgehead atoms. The number of hydrogen-bond acceptors (Lipinski definition) is 5. The summed E-state index contributed by atoms with van der Waals surface area (Å²) < 4.78 is 28.9. The van der Waals surface area contributed by atoms with Crippen molar-refractivity contribution < 1.29 is 33.0 Å². The molecule has 1 amide bonds. The fourth-order valence-electron chi connectivity index (χ4n) is 2.65. The van der Waals surface area contributed by atoms with Crippen LogP contribution in [-0.2, 0) is 16.1 Å². The van der Waals surface area contributed by atoms with Gasteiger partial charge in [0.1, 0.15) is 29.5 Å². The fraction of sp³-hybridized carbons (Fsp3) is 0.333. The van der Waals surface area contributed by atoms with Gasteiger partial charge in [0.2, 0.25) is 0 Å². The zero-order chi connectivity index (χ0) is 18.6. The van der Waals surface area contributed by atoms with Gasteiger partial charge in [-0.2, -0.15) is 0 Å². The monoisotopic (exact) mass is 363 g/mol. The SMILES string of the molecule is O=C(NC1(C(=O)O)CCOCC1)c1ccc(COc2ccc(F)cc2)o1. The van der Waals surface area contributed by atoms with Crippen LogP contribution < -0.4 is 10.1 Å². The Balaban J connectivity index is 1.62. The summed E-state index contributed by atoms with van der Waals surface area (Å²) in [6, 6.07) is 8.52. The number of carboxylic acids is 1. The quantitative estimate of drug-likeness (QED) is 0.818. The van der Waals surface area contributed by atoms with Crippen LogP contribution in [0.15, 0.2) is 40.8 Å². The summed E-state index contributed by atoms with van der Waals surface area (Å²) in [6.07, 6.45) is 0.380. The summed E-state index contributed by atoms with van der Waals surface area (Å²) in [6.45, 7) is 0.583. The zero-order valence-electron chi connectivity index (χ0n) is 13.9. The fourth-order valence-corrected chi connectivity index (χ4v) is 2.65. The Kier molecular flexibility index (Phi) is 5.22. The Morgan fingerprint density at radius 3 is 2.50 bits per heavy atom. The van der Waals surface area contributed by atoms with Gasteiger partial charge in [0.25, 0.3) is 5.91 Å². The number of rotatable bonds is 6. The highest BCUT2D eigenvalue weighted by molar-refractivity contribution is 5.95. The maximum absolute atomic E-state index is 12.9. The van der Waals surface area contributed by atoms with Gasteiger partial charge in [0.15, 0.2) is 5.76 Å². The third-order valence-corrected chi connectivity index (χ3v) is 4.19. The third-order valence-electron chi connectivity index (χ3n) is 4.19. The Labute approximate surface area is 148 Å². The third kappa shape index (κ3) is 4.02. The predicted octanol–water partition coefficient (Wildman–Crippen LogP) is 2.36. The smallest absolute Gasteiger partial charge is 0.329 e. The zero-order valence-corrected chi connectivity index (χ0v) is 13.9. The summed E-state index contributed by atoms with van der Waals surface area (Å²) >= 11 is 0. The molecule has 0 aliphatic carbocycles. The molecule has 26 heavy (non-hydrogen) atoms. The first-order valence-corrected chi connectivity index (χ1v) is 8.09. The molecule has 3 rings (SSSR count). The van der Waals surface area contributed by atoms with Gasteiger partial charge in [-0.1, -0.05) is 0 Å². The van der Waals surface area contributed by atoms with E-state index in [1.807, 2.05) is 0 Å². The molecule has 1 fully saturated rings. The highest BCUT2D eigenvalue weighted by atomic mass is 19.1. The van der Waals surface area contributed by atoms with Crippen molar-refractivity contribution in [1.82, 2.24) is 5.32 Å². The van der Waals surface area contributed by atoms with E-state index >= 15 is 0 Å². The minimum Gasteiger partial charge on any atom is -0.486 e.